The number of hydrogen-bond acceptors (Lipinski definition) is 5. The third kappa shape index (κ3) is 4.40. The van der Waals surface area contributed by atoms with E-state index in [-0.39, 0.29) is 10.8 Å². The monoisotopic (exact) mass is 437 g/mol. The first-order chi connectivity index (χ1) is 14.4. The second kappa shape index (κ2) is 8.35. The van der Waals surface area contributed by atoms with Gasteiger partial charge in [0.25, 0.3) is 5.91 Å². The quantitative estimate of drug-likeness (QED) is 0.481. The molecule has 0 saturated carbocycles. The summed E-state index contributed by atoms with van der Waals surface area (Å²) in [4.78, 5) is 17.5. The molecule has 0 radical (unpaired) electrons. The molecule has 152 valence electrons. The average molecular weight is 438 g/mol. The normalized spacial score (nSPS) is 11.5. The van der Waals surface area contributed by atoms with Crippen LogP contribution in [0.25, 0.3) is 20.8 Å². The SMILES string of the molecule is NS(=O)(=O)c1ccc(CCNC(=O)c2ccccc2-c2nc3ccccc3s2)cc1. The minimum absolute atomic E-state index is 0.0695. The van der Waals surface area contributed by atoms with Crippen LogP contribution >= 0.6 is 11.3 Å². The Morgan fingerprint density at radius 2 is 1.67 bits per heavy atom. The maximum Gasteiger partial charge on any atom is 0.252 e. The van der Waals surface area contributed by atoms with Crippen LogP contribution in [0.3, 0.4) is 0 Å². The molecule has 3 N–H and O–H groups in total. The summed E-state index contributed by atoms with van der Waals surface area (Å²) in [6, 6.07) is 21.6. The van der Waals surface area contributed by atoms with Gasteiger partial charge in [-0.3, -0.25) is 4.79 Å². The highest BCUT2D eigenvalue weighted by atomic mass is 32.2. The molecule has 6 nitrogen and oxygen atoms in total. The molecule has 1 amide bonds. The third-order valence-electron chi connectivity index (χ3n) is 4.65. The number of hydrogen-bond donors (Lipinski definition) is 2. The summed E-state index contributed by atoms with van der Waals surface area (Å²) in [5.41, 5.74) is 3.19. The standard InChI is InChI=1S/C22H19N3O3S2/c23-30(27,28)16-11-9-15(10-12-16)13-14-24-21(26)17-5-1-2-6-18(17)22-25-19-7-3-4-8-20(19)29-22/h1-12H,13-14H2,(H,24,26)(H2,23,27,28). The zero-order valence-electron chi connectivity index (χ0n) is 15.9. The Bertz CT molecular complexity index is 1280. The topological polar surface area (TPSA) is 102 Å². The summed E-state index contributed by atoms with van der Waals surface area (Å²) in [5, 5.41) is 8.85. The second-order valence-electron chi connectivity index (χ2n) is 6.73. The number of nitrogens with two attached hydrogens (primary N) is 1. The number of fused-ring (bicyclic) bond motifs is 1. The number of nitrogens with zero attached hydrogens (tertiary/aromatic N) is 1. The number of aromatic nitrogens is 1. The van der Waals surface area contributed by atoms with Gasteiger partial charge in [-0.1, -0.05) is 42.5 Å². The van der Waals surface area contributed by atoms with Crippen molar-refractivity contribution in [2.24, 2.45) is 5.14 Å². The van der Waals surface area contributed by atoms with Gasteiger partial charge in [-0.05, 0) is 42.3 Å². The minimum atomic E-state index is -3.71. The number of benzene rings is 3. The van der Waals surface area contributed by atoms with Gasteiger partial charge < -0.3 is 5.32 Å². The van der Waals surface area contributed by atoms with Gasteiger partial charge in [0.1, 0.15) is 5.01 Å². The highest BCUT2D eigenvalue weighted by molar-refractivity contribution is 7.89. The van der Waals surface area contributed by atoms with E-state index >= 15 is 0 Å². The van der Waals surface area contributed by atoms with E-state index in [9.17, 15) is 13.2 Å². The van der Waals surface area contributed by atoms with Crippen LogP contribution in [0.4, 0.5) is 0 Å². The Kier molecular flexibility index (Phi) is 5.63. The number of carbonyl (C=O) groups is 1. The second-order valence-corrected chi connectivity index (χ2v) is 9.32. The molecule has 0 atom stereocenters. The average Bonchev–Trinajstić information content (AvgIpc) is 3.17. The van der Waals surface area contributed by atoms with E-state index in [2.05, 4.69) is 10.3 Å². The highest BCUT2D eigenvalue weighted by Crippen LogP contribution is 2.32. The number of carbonyl (C=O) groups excluding carboxylic acids is 1. The van der Waals surface area contributed by atoms with E-state index in [4.69, 9.17) is 5.14 Å². The molecule has 0 unspecified atom stereocenters. The van der Waals surface area contributed by atoms with Crippen molar-refractivity contribution in [3.63, 3.8) is 0 Å². The number of thiazole rings is 1. The Hall–Kier alpha value is -3.07. The van der Waals surface area contributed by atoms with Crippen LogP contribution in [0.5, 0.6) is 0 Å². The highest BCUT2D eigenvalue weighted by Gasteiger charge is 2.15. The van der Waals surface area contributed by atoms with Crippen molar-refractivity contribution in [2.45, 2.75) is 11.3 Å². The number of para-hydroxylation sites is 1. The van der Waals surface area contributed by atoms with Crippen molar-refractivity contribution in [3.05, 3.63) is 83.9 Å². The van der Waals surface area contributed by atoms with Crippen molar-refractivity contribution in [2.75, 3.05) is 6.54 Å². The molecule has 0 bridgehead atoms. The van der Waals surface area contributed by atoms with Crippen molar-refractivity contribution in [1.82, 2.24) is 10.3 Å². The van der Waals surface area contributed by atoms with Gasteiger partial charge in [-0.25, -0.2) is 18.5 Å². The van der Waals surface area contributed by atoms with E-state index < -0.39 is 10.0 Å². The Morgan fingerprint density at radius 1 is 0.967 bits per heavy atom. The van der Waals surface area contributed by atoms with Crippen molar-refractivity contribution >= 4 is 37.5 Å². The predicted molar refractivity (Wildman–Crippen MR) is 119 cm³/mol. The number of amides is 1. The van der Waals surface area contributed by atoms with E-state index in [0.717, 1.165) is 26.4 Å². The molecule has 1 aromatic heterocycles. The molecule has 3 aromatic carbocycles. The van der Waals surface area contributed by atoms with Crippen LogP contribution in [0.1, 0.15) is 15.9 Å². The molecule has 0 fully saturated rings. The van der Waals surface area contributed by atoms with Crippen LogP contribution in [-0.2, 0) is 16.4 Å². The van der Waals surface area contributed by atoms with Crippen molar-refractivity contribution in [1.29, 1.82) is 0 Å². The molecule has 30 heavy (non-hydrogen) atoms. The lowest BCUT2D eigenvalue weighted by Gasteiger charge is -2.09. The molecule has 0 spiro atoms. The molecule has 8 heteroatoms. The molecular weight excluding hydrogens is 418 g/mol. The smallest absolute Gasteiger partial charge is 0.252 e. The first-order valence-electron chi connectivity index (χ1n) is 9.27. The Morgan fingerprint density at radius 3 is 2.40 bits per heavy atom. The first kappa shape index (κ1) is 20.2. The first-order valence-corrected chi connectivity index (χ1v) is 11.6. The van der Waals surface area contributed by atoms with Crippen LogP contribution in [0.15, 0.2) is 77.7 Å². The van der Waals surface area contributed by atoms with Crippen molar-refractivity contribution in [3.8, 4) is 10.6 Å². The fraction of sp³-hybridized carbons (Fsp3) is 0.0909. The zero-order chi connectivity index (χ0) is 21.1. The fourth-order valence-electron chi connectivity index (χ4n) is 3.12. The van der Waals surface area contributed by atoms with Gasteiger partial charge in [0.2, 0.25) is 10.0 Å². The lowest BCUT2D eigenvalue weighted by molar-refractivity contribution is 0.0955. The molecule has 4 aromatic rings. The van der Waals surface area contributed by atoms with Gasteiger partial charge in [-0.15, -0.1) is 11.3 Å². The fourth-order valence-corrected chi connectivity index (χ4v) is 4.64. The summed E-state index contributed by atoms with van der Waals surface area (Å²) >= 11 is 1.56. The molecule has 0 saturated heterocycles. The van der Waals surface area contributed by atoms with Crippen LogP contribution < -0.4 is 10.5 Å². The van der Waals surface area contributed by atoms with Crippen LogP contribution in [0, 0.1) is 0 Å². The van der Waals surface area contributed by atoms with E-state index in [1.165, 1.54) is 12.1 Å². The summed E-state index contributed by atoms with van der Waals surface area (Å²) in [5.74, 6) is -0.175. The predicted octanol–water partition coefficient (Wildman–Crippen LogP) is 3.58. The summed E-state index contributed by atoms with van der Waals surface area (Å²) in [6.45, 7) is 0.418. The Balaban J connectivity index is 1.46. The summed E-state index contributed by atoms with van der Waals surface area (Å²) in [7, 11) is -3.71. The molecule has 0 aliphatic carbocycles. The van der Waals surface area contributed by atoms with Gasteiger partial charge in [0.15, 0.2) is 0 Å². The van der Waals surface area contributed by atoms with E-state index in [1.54, 1.807) is 29.5 Å². The number of primary sulfonamides is 1. The lowest BCUT2D eigenvalue weighted by Crippen LogP contribution is -2.26. The van der Waals surface area contributed by atoms with Gasteiger partial charge in [-0.2, -0.15) is 0 Å². The van der Waals surface area contributed by atoms with Gasteiger partial charge >= 0.3 is 0 Å². The van der Waals surface area contributed by atoms with Crippen LogP contribution in [-0.4, -0.2) is 25.9 Å². The summed E-state index contributed by atoms with van der Waals surface area (Å²) < 4.78 is 23.7. The number of nitrogens with one attached hydrogen (secondary N) is 1. The van der Waals surface area contributed by atoms with Gasteiger partial charge in [0.05, 0.1) is 15.1 Å². The van der Waals surface area contributed by atoms with Crippen LogP contribution in [0.2, 0.25) is 0 Å². The number of rotatable bonds is 6. The van der Waals surface area contributed by atoms with Gasteiger partial charge in [0, 0.05) is 17.7 Å². The molecular formula is C22H19N3O3S2. The number of sulfonamides is 1. The maximum atomic E-state index is 12.8. The summed E-state index contributed by atoms with van der Waals surface area (Å²) in [6.07, 6.45) is 0.569. The molecule has 0 aliphatic rings. The third-order valence-corrected chi connectivity index (χ3v) is 6.65. The largest absolute Gasteiger partial charge is 0.352 e. The Labute approximate surface area is 178 Å². The molecule has 4 rings (SSSR count). The maximum absolute atomic E-state index is 12.8. The van der Waals surface area contributed by atoms with E-state index in [0.29, 0.717) is 18.5 Å². The minimum Gasteiger partial charge on any atom is -0.352 e. The van der Waals surface area contributed by atoms with Crippen molar-refractivity contribution < 1.29 is 13.2 Å². The molecule has 1 heterocycles. The van der Waals surface area contributed by atoms with E-state index in [1.807, 2.05) is 42.5 Å². The lowest BCUT2D eigenvalue weighted by atomic mass is 10.1. The molecule has 0 aliphatic heterocycles. The zero-order valence-corrected chi connectivity index (χ0v) is 17.5.